The molecule has 6 heteroatoms. The third kappa shape index (κ3) is 2.92. The quantitative estimate of drug-likeness (QED) is 0.453. The van der Waals surface area contributed by atoms with Crippen LogP contribution in [0.4, 0.5) is 5.82 Å². The summed E-state index contributed by atoms with van der Waals surface area (Å²) in [6, 6.07) is 15.0. The zero-order valence-electron chi connectivity index (χ0n) is 15.1. The van der Waals surface area contributed by atoms with E-state index >= 15 is 0 Å². The Morgan fingerprint density at radius 3 is 2.57 bits per heavy atom. The number of Topliss-reactive ketones (excluding diaryl/α,β-unsaturated/α-hetero) is 1. The van der Waals surface area contributed by atoms with Crippen molar-refractivity contribution in [3.63, 3.8) is 0 Å². The molecule has 5 nitrogen and oxygen atoms in total. The summed E-state index contributed by atoms with van der Waals surface area (Å²) in [6.07, 6.45) is 3.16. The molecule has 2 aromatic heterocycles. The van der Waals surface area contributed by atoms with Crippen LogP contribution in [0, 0.1) is 5.92 Å². The van der Waals surface area contributed by atoms with Gasteiger partial charge in [0.25, 0.3) is 0 Å². The lowest BCUT2D eigenvalue weighted by molar-refractivity contribution is 0.0900. The number of benzene rings is 2. The molecule has 0 saturated carbocycles. The maximum atomic E-state index is 12.8. The van der Waals surface area contributed by atoms with Gasteiger partial charge in [-0.25, -0.2) is 9.97 Å². The van der Waals surface area contributed by atoms with Crippen LogP contribution < -0.4 is 4.90 Å². The number of hydrogen-bond acceptors (Lipinski definition) is 5. The molecule has 28 heavy (non-hydrogen) atoms. The van der Waals surface area contributed by atoms with Crippen molar-refractivity contribution < 1.29 is 9.21 Å². The summed E-state index contributed by atoms with van der Waals surface area (Å²) in [7, 11) is 0. The molecule has 0 unspecified atom stereocenters. The molecule has 0 radical (unpaired) electrons. The summed E-state index contributed by atoms with van der Waals surface area (Å²) in [5, 5.41) is 1.64. The Balaban J connectivity index is 1.38. The lowest BCUT2D eigenvalue weighted by Crippen LogP contribution is -2.37. The van der Waals surface area contributed by atoms with E-state index < -0.39 is 0 Å². The van der Waals surface area contributed by atoms with Crippen molar-refractivity contribution in [2.75, 3.05) is 18.0 Å². The van der Waals surface area contributed by atoms with Gasteiger partial charge in [-0.3, -0.25) is 4.79 Å². The van der Waals surface area contributed by atoms with E-state index in [1.54, 1.807) is 30.6 Å². The summed E-state index contributed by atoms with van der Waals surface area (Å²) in [5.74, 6) is 1.01. The van der Waals surface area contributed by atoms with E-state index in [-0.39, 0.29) is 11.7 Å². The average Bonchev–Trinajstić information content (AvgIpc) is 3.13. The van der Waals surface area contributed by atoms with E-state index in [9.17, 15) is 4.79 Å². The number of piperidine rings is 1. The molecule has 1 fully saturated rings. The van der Waals surface area contributed by atoms with Crippen LogP contribution >= 0.6 is 11.6 Å². The third-order valence-corrected chi connectivity index (χ3v) is 5.69. The SMILES string of the molecule is O=C(c1ccc(Cl)cc1)C1CCN(c2ncnc3c2oc2ccccc23)CC1. The highest BCUT2D eigenvalue weighted by Gasteiger charge is 2.28. The smallest absolute Gasteiger partial charge is 0.196 e. The maximum absolute atomic E-state index is 12.8. The number of halogens is 1. The normalized spacial score (nSPS) is 15.4. The van der Waals surface area contributed by atoms with Crippen molar-refractivity contribution in [1.82, 2.24) is 9.97 Å². The summed E-state index contributed by atoms with van der Waals surface area (Å²) in [6.45, 7) is 1.51. The molecule has 0 amide bonds. The first kappa shape index (κ1) is 17.2. The van der Waals surface area contributed by atoms with Crippen molar-refractivity contribution >= 4 is 45.3 Å². The molecule has 1 aliphatic rings. The Morgan fingerprint density at radius 2 is 1.79 bits per heavy atom. The van der Waals surface area contributed by atoms with Crippen LogP contribution in [0.25, 0.3) is 22.1 Å². The second-order valence-corrected chi connectivity index (χ2v) is 7.54. The van der Waals surface area contributed by atoms with Crippen molar-refractivity contribution in [1.29, 1.82) is 0 Å². The monoisotopic (exact) mass is 391 g/mol. The minimum Gasteiger partial charge on any atom is -0.450 e. The summed E-state index contributed by atoms with van der Waals surface area (Å²) >= 11 is 5.93. The van der Waals surface area contributed by atoms with Gasteiger partial charge in [-0.15, -0.1) is 0 Å². The summed E-state index contributed by atoms with van der Waals surface area (Å²) in [5.41, 5.74) is 3.09. The van der Waals surface area contributed by atoms with Gasteiger partial charge in [0.2, 0.25) is 0 Å². The topological polar surface area (TPSA) is 59.2 Å². The van der Waals surface area contributed by atoms with Crippen molar-refractivity contribution in [3.8, 4) is 0 Å². The Bertz CT molecular complexity index is 1160. The molecule has 5 rings (SSSR count). The molecule has 0 aliphatic carbocycles. The number of anilines is 1. The molecule has 140 valence electrons. The zero-order valence-corrected chi connectivity index (χ0v) is 15.9. The second-order valence-electron chi connectivity index (χ2n) is 7.11. The molecule has 0 bridgehead atoms. The van der Waals surface area contributed by atoms with Gasteiger partial charge in [0, 0.05) is 35.0 Å². The van der Waals surface area contributed by atoms with Crippen LogP contribution in [-0.4, -0.2) is 28.8 Å². The molecular formula is C22H18ClN3O2. The van der Waals surface area contributed by atoms with Crippen molar-refractivity contribution in [2.45, 2.75) is 12.8 Å². The number of nitrogens with zero attached hydrogens (tertiary/aromatic N) is 3. The number of hydrogen-bond donors (Lipinski definition) is 0. The largest absolute Gasteiger partial charge is 0.450 e. The minimum absolute atomic E-state index is 0.0189. The van der Waals surface area contributed by atoms with Crippen molar-refractivity contribution in [2.24, 2.45) is 5.92 Å². The molecule has 0 N–H and O–H groups in total. The van der Waals surface area contributed by atoms with Crippen LogP contribution in [0.3, 0.4) is 0 Å². The van der Waals surface area contributed by atoms with Crippen LogP contribution in [0.5, 0.6) is 0 Å². The fourth-order valence-electron chi connectivity index (χ4n) is 3.94. The second kappa shape index (κ2) is 6.91. The highest BCUT2D eigenvalue weighted by molar-refractivity contribution is 6.30. The van der Waals surface area contributed by atoms with Crippen molar-refractivity contribution in [3.05, 3.63) is 65.4 Å². The van der Waals surface area contributed by atoms with Gasteiger partial charge in [0.15, 0.2) is 17.2 Å². The summed E-state index contributed by atoms with van der Waals surface area (Å²) < 4.78 is 6.05. The molecule has 0 atom stereocenters. The Hall–Kier alpha value is -2.92. The predicted octanol–water partition coefficient (Wildman–Crippen LogP) is 5.13. The fraction of sp³-hybridized carbons (Fsp3) is 0.227. The van der Waals surface area contributed by atoms with Crippen LogP contribution in [0.1, 0.15) is 23.2 Å². The average molecular weight is 392 g/mol. The highest BCUT2D eigenvalue weighted by Crippen LogP contribution is 2.34. The molecule has 2 aromatic carbocycles. The molecule has 0 spiro atoms. The number of furan rings is 1. The first-order chi connectivity index (χ1) is 13.7. The molecule has 1 aliphatic heterocycles. The van der Waals surface area contributed by atoms with Crippen LogP contribution in [0.2, 0.25) is 5.02 Å². The molecule has 4 aromatic rings. The predicted molar refractivity (Wildman–Crippen MR) is 110 cm³/mol. The van der Waals surface area contributed by atoms with E-state index in [4.69, 9.17) is 16.0 Å². The van der Waals surface area contributed by atoms with E-state index in [1.165, 1.54) is 0 Å². The number of para-hydroxylation sites is 1. The van der Waals surface area contributed by atoms with Gasteiger partial charge in [0.1, 0.15) is 17.4 Å². The zero-order chi connectivity index (χ0) is 19.1. The third-order valence-electron chi connectivity index (χ3n) is 5.43. The van der Waals surface area contributed by atoms with Crippen LogP contribution in [0.15, 0.2) is 59.3 Å². The molecular weight excluding hydrogens is 374 g/mol. The lowest BCUT2D eigenvalue weighted by Gasteiger charge is -2.32. The number of rotatable bonds is 3. The maximum Gasteiger partial charge on any atom is 0.196 e. The Kier molecular flexibility index (Phi) is 4.24. The number of fused-ring (bicyclic) bond motifs is 3. The first-order valence-corrected chi connectivity index (χ1v) is 9.75. The van der Waals surface area contributed by atoms with Gasteiger partial charge in [-0.1, -0.05) is 23.7 Å². The Labute approximate surface area is 166 Å². The van der Waals surface area contributed by atoms with Gasteiger partial charge in [-0.2, -0.15) is 0 Å². The minimum atomic E-state index is 0.0189. The van der Waals surface area contributed by atoms with E-state index in [0.29, 0.717) is 10.6 Å². The van der Waals surface area contributed by atoms with E-state index in [0.717, 1.165) is 53.8 Å². The number of ketones is 1. The van der Waals surface area contributed by atoms with Crippen LogP contribution in [-0.2, 0) is 0 Å². The fourth-order valence-corrected chi connectivity index (χ4v) is 4.07. The number of carbonyl (C=O) groups excluding carboxylic acids is 1. The summed E-state index contributed by atoms with van der Waals surface area (Å²) in [4.78, 5) is 23.9. The molecule has 1 saturated heterocycles. The highest BCUT2D eigenvalue weighted by atomic mass is 35.5. The van der Waals surface area contributed by atoms with E-state index in [2.05, 4.69) is 14.9 Å². The van der Waals surface area contributed by atoms with Gasteiger partial charge >= 0.3 is 0 Å². The Morgan fingerprint density at radius 1 is 1.04 bits per heavy atom. The van der Waals surface area contributed by atoms with Gasteiger partial charge in [0.05, 0.1) is 0 Å². The lowest BCUT2D eigenvalue weighted by atomic mass is 9.89. The first-order valence-electron chi connectivity index (χ1n) is 9.37. The standard InChI is InChI=1S/C22H18ClN3O2/c23-16-7-5-14(6-8-16)20(27)15-9-11-26(12-10-15)22-21-19(24-13-25-22)17-3-1-2-4-18(17)28-21/h1-8,13,15H,9-12H2. The van der Waals surface area contributed by atoms with Gasteiger partial charge < -0.3 is 9.32 Å². The number of aromatic nitrogens is 2. The number of carbonyl (C=O) groups is 1. The molecule has 3 heterocycles. The van der Waals surface area contributed by atoms with E-state index in [1.807, 2.05) is 24.3 Å². The van der Waals surface area contributed by atoms with Gasteiger partial charge in [-0.05, 0) is 49.2 Å².